The maximum Gasteiger partial charge on any atom is 2.00 e. The summed E-state index contributed by atoms with van der Waals surface area (Å²) in [4.78, 5) is 0. The average molecular weight is 290 g/mol. The van der Waals surface area contributed by atoms with Crippen LogP contribution in [0.25, 0.3) is 0 Å². The fraction of sp³-hybridized carbons (Fsp3) is 0.400. The summed E-state index contributed by atoms with van der Waals surface area (Å²) in [6, 6.07) is 0. The van der Waals surface area contributed by atoms with Gasteiger partial charge < -0.3 is 6.42 Å². The molecular weight excluding hydrogens is 271 g/mol. The predicted molar refractivity (Wildman–Crippen MR) is 64.9 cm³/mol. The van der Waals surface area contributed by atoms with Gasteiger partial charge in [0.2, 0.25) is 0 Å². The molecule has 0 radical (unpaired) electrons. The molecule has 0 N–H and O–H groups in total. The molecule has 0 heterocycles. The van der Waals surface area contributed by atoms with E-state index in [-0.39, 0.29) is 26.2 Å². The number of allylic oxidation sites excluding steroid dienone is 8. The molecule has 0 aromatic rings. The largest absolute Gasteiger partial charge is 2.00 e. The maximum absolute atomic E-state index is 2.99. The van der Waals surface area contributed by atoms with E-state index in [9.17, 15) is 0 Å². The van der Waals surface area contributed by atoms with Gasteiger partial charge in [-0.25, -0.2) is 12.2 Å². The van der Waals surface area contributed by atoms with E-state index in [2.05, 4.69) is 49.8 Å². The van der Waals surface area contributed by atoms with Crippen molar-refractivity contribution in [3.8, 4) is 0 Å². The molecule has 3 aliphatic rings. The van der Waals surface area contributed by atoms with Crippen molar-refractivity contribution >= 4 is 0 Å². The van der Waals surface area contributed by atoms with E-state index in [0.717, 1.165) is 24.2 Å². The molecule has 0 spiro atoms. The van der Waals surface area contributed by atoms with Crippen LogP contribution in [0.1, 0.15) is 19.8 Å². The van der Waals surface area contributed by atoms with Crippen LogP contribution < -0.4 is 0 Å². The summed E-state index contributed by atoms with van der Waals surface area (Å²) in [6.45, 7) is 2.31. The van der Waals surface area contributed by atoms with Gasteiger partial charge in [-0.2, -0.15) is 12.0 Å². The van der Waals surface area contributed by atoms with Crippen molar-refractivity contribution in [3.05, 3.63) is 55.0 Å². The zero-order chi connectivity index (χ0) is 10.5. The zero-order valence-corrected chi connectivity index (χ0v) is 12.2. The Kier molecular flexibility index (Phi) is 6.28. The van der Waals surface area contributed by atoms with E-state index in [1.807, 2.05) is 12.2 Å². The van der Waals surface area contributed by atoms with E-state index in [0.29, 0.717) is 0 Å². The van der Waals surface area contributed by atoms with E-state index >= 15 is 0 Å². The quantitative estimate of drug-likeness (QED) is 0.594. The second-order valence-electron chi connectivity index (χ2n) is 4.42. The standard InChI is InChI=1S/C10H13.C5H5.Zr/c1-8-6-9-4-2-3-5-10(9)7-8;1-2-4-5-3-1;/h2-6,8-10H,7H2,1H3;1-3H,4H2;/q2*-1;+2. The van der Waals surface area contributed by atoms with Crippen LogP contribution in [-0.4, -0.2) is 0 Å². The van der Waals surface area contributed by atoms with Gasteiger partial charge in [0.05, 0.1) is 0 Å². The van der Waals surface area contributed by atoms with Gasteiger partial charge in [-0.15, -0.1) is 18.4 Å². The van der Waals surface area contributed by atoms with Gasteiger partial charge in [-0.05, 0) is 5.92 Å². The number of fused-ring (bicyclic) bond motifs is 1. The van der Waals surface area contributed by atoms with Gasteiger partial charge in [0, 0.05) is 0 Å². The molecule has 1 heteroatoms. The molecule has 3 atom stereocenters. The Morgan fingerprint density at radius 3 is 2.56 bits per heavy atom. The van der Waals surface area contributed by atoms with Crippen LogP contribution in [0.3, 0.4) is 0 Å². The van der Waals surface area contributed by atoms with Crippen molar-refractivity contribution in [3.63, 3.8) is 0 Å². The second kappa shape index (κ2) is 7.22. The molecule has 0 bridgehead atoms. The molecule has 0 aromatic heterocycles. The van der Waals surface area contributed by atoms with Crippen molar-refractivity contribution in [1.82, 2.24) is 0 Å². The van der Waals surface area contributed by atoms with Crippen molar-refractivity contribution in [2.24, 2.45) is 17.8 Å². The first-order chi connectivity index (χ1) is 7.36. The van der Waals surface area contributed by atoms with Gasteiger partial charge in [0.1, 0.15) is 0 Å². The van der Waals surface area contributed by atoms with Crippen LogP contribution in [0.15, 0.2) is 42.5 Å². The van der Waals surface area contributed by atoms with E-state index < -0.39 is 0 Å². The first kappa shape index (κ1) is 13.9. The Morgan fingerprint density at radius 2 is 2.00 bits per heavy atom. The Bertz CT molecular complexity index is 279. The molecule has 0 nitrogen and oxygen atoms in total. The molecule has 1 saturated carbocycles. The van der Waals surface area contributed by atoms with Crippen molar-refractivity contribution < 1.29 is 26.2 Å². The van der Waals surface area contributed by atoms with Crippen LogP contribution in [0.2, 0.25) is 0 Å². The summed E-state index contributed by atoms with van der Waals surface area (Å²) in [5, 5.41) is 0. The van der Waals surface area contributed by atoms with Gasteiger partial charge in [-0.3, -0.25) is 6.08 Å². The molecule has 0 aromatic carbocycles. The number of rotatable bonds is 0. The van der Waals surface area contributed by atoms with Crippen molar-refractivity contribution in [2.45, 2.75) is 19.8 Å². The third-order valence-electron chi connectivity index (χ3n) is 3.08. The zero-order valence-electron chi connectivity index (χ0n) is 9.77. The molecule has 3 rings (SSSR count). The van der Waals surface area contributed by atoms with Crippen molar-refractivity contribution in [2.75, 3.05) is 0 Å². The summed E-state index contributed by atoms with van der Waals surface area (Å²) in [6.07, 6.45) is 22.8. The van der Waals surface area contributed by atoms with Crippen LogP contribution in [0.4, 0.5) is 0 Å². The minimum Gasteiger partial charge on any atom is -0.318 e. The predicted octanol–water partition coefficient (Wildman–Crippen LogP) is 3.89. The third-order valence-corrected chi connectivity index (χ3v) is 3.08. The fourth-order valence-electron chi connectivity index (χ4n) is 2.34. The Balaban J connectivity index is 0.000000183. The Morgan fingerprint density at radius 1 is 1.19 bits per heavy atom. The van der Waals surface area contributed by atoms with E-state index in [1.54, 1.807) is 0 Å². The molecule has 3 aliphatic carbocycles. The second-order valence-corrected chi connectivity index (χ2v) is 4.42. The fourth-order valence-corrected chi connectivity index (χ4v) is 2.34. The minimum absolute atomic E-state index is 0. The normalized spacial score (nSPS) is 32.9. The summed E-state index contributed by atoms with van der Waals surface area (Å²) in [7, 11) is 0. The van der Waals surface area contributed by atoms with Gasteiger partial charge in [-0.1, -0.05) is 31.6 Å². The molecule has 16 heavy (non-hydrogen) atoms. The summed E-state index contributed by atoms with van der Waals surface area (Å²) < 4.78 is 0. The number of hydrogen-bond donors (Lipinski definition) is 0. The number of hydrogen-bond acceptors (Lipinski definition) is 0. The first-order valence-corrected chi connectivity index (χ1v) is 5.78. The molecule has 3 unspecified atom stereocenters. The maximum atomic E-state index is 2.99. The monoisotopic (exact) mass is 288 g/mol. The van der Waals surface area contributed by atoms with Gasteiger partial charge in [0.15, 0.2) is 0 Å². The van der Waals surface area contributed by atoms with Crippen LogP contribution in [-0.2, 0) is 26.2 Å². The molecule has 0 aliphatic heterocycles. The summed E-state index contributed by atoms with van der Waals surface area (Å²) in [5.74, 6) is 2.39. The Hall–Kier alpha value is -0.157. The molecule has 82 valence electrons. The van der Waals surface area contributed by atoms with Crippen LogP contribution in [0.5, 0.6) is 0 Å². The van der Waals surface area contributed by atoms with E-state index in [1.165, 1.54) is 6.42 Å². The smallest absolute Gasteiger partial charge is 0.318 e. The Labute approximate surface area is 118 Å². The SMILES string of the molecule is CC1[CH-]C2C=CC=CC2C1.[C-]1=CC=CC1.[Zr+2]. The summed E-state index contributed by atoms with van der Waals surface area (Å²) in [5.41, 5.74) is 0. The van der Waals surface area contributed by atoms with E-state index in [4.69, 9.17) is 0 Å². The molecule has 1 fully saturated rings. The van der Waals surface area contributed by atoms with Crippen molar-refractivity contribution in [1.29, 1.82) is 0 Å². The van der Waals surface area contributed by atoms with Crippen LogP contribution in [0, 0.1) is 30.3 Å². The minimum atomic E-state index is 0. The molecular formula is C15H18Zr. The molecule has 0 saturated heterocycles. The molecule has 0 amide bonds. The first-order valence-electron chi connectivity index (χ1n) is 5.78. The third kappa shape index (κ3) is 4.02. The average Bonchev–Trinajstić information content (AvgIpc) is 2.87. The van der Waals surface area contributed by atoms with Crippen LogP contribution >= 0.6 is 0 Å². The van der Waals surface area contributed by atoms with Gasteiger partial charge >= 0.3 is 26.2 Å². The topological polar surface area (TPSA) is 0 Å². The van der Waals surface area contributed by atoms with Gasteiger partial charge in [0.25, 0.3) is 0 Å². The summed E-state index contributed by atoms with van der Waals surface area (Å²) >= 11 is 0.